The smallest absolute Gasteiger partial charge is 0.339 e. The molecule has 0 bridgehead atoms. The van der Waals surface area contributed by atoms with Crippen molar-refractivity contribution >= 4 is 34.9 Å². The number of fused-ring (bicyclic) bond motifs is 1. The van der Waals surface area contributed by atoms with Crippen LogP contribution >= 0.6 is 11.6 Å². The Morgan fingerprint density at radius 2 is 1.58 bits per heavy atom. The van der Waals surface area contributed by atoms with Gasteiger partial charge < -0.3 is 9.64 Å². The molecule has 1 unspecified atom stereocenters. The van der Waals surface area contributed by atoms with Crippen molar-refractivity contribution in [3.8, 4) is 0 Å². The fourth-order valence-electron chi connectivity index (χ4n) is 3.84. The molecule has 31 heavy (non-hydrogen) atoms. The maximum absolute atomic E-state index is 12.9. The van der Waals surface area contributed by atoms with Gasteiger partial charge in [0.2, 0.25) is 0 Å². The maximum Gasteiger partial charge on any atom is 0.339 e. The average Bonchev–Trinajstić information content (AvgIpc) is 3.13. The Bertz CT molecular complexity index is 1160. The monoisotopic (exact) mass is 433 g/mol. The molecule has 4 rings (SSSR count). The van der Waals surface area contributed by atoms with Crippen LogP contribution in [0.25, 0.3) is 0 Å². The van der Waals surface area contributed by atoms with Crippen LogP contribution in [-0.2, 0) is 16.0 Å². The van der Waals surface area contributed by atoms with Gasteiger partial charge in [-0.15, -0.1) is 0 Å². The maximum atomic E-state index is 12.9. The Balaban J connectivity index is 1.49. The molecule has 0 aliphatic carbocycles. The Hall–Kier alpha value is -3.44. The Morgan fingerprint density at radius 1 is 0.935 bits per heavy atom. The summed E-state index contributed by atoms with van der Waals surface area (Å²) in [5.74, 6) is -1.34. The number of nitrogens with zero attached hydrogens (tertiary/aromatic N) is 1. The van der Waals surface area contributed by atoms with Gasteiger partial charge in [0.05, 0.1) is 5.56 Å². The largest absolute Gasteiger partial charge is 0.452 e. The van der Waals surface area contributed by atoms with Gasteiger partial charge in [-0.25, -0.2) is 4.79 Å². The van der Waals surface area contributed by atoms with E-state index in [2.05, 4.69) is 0 Å². The summed E-state index contributed by atoms with van der Waals surface area (Å²) in [5.41, 5.74) is 2.67. The van der Waals surface area contributed by atoms with Crippen molar-refractivity contribution in [1.82, 2.24) is 0 Å². The van der Waals surface area contributed by atoms with Crippen molar-refractivity contribution in [3.05, 3.63) is 100 Å². The zero-order valence-corrected chi connectivity index (χ0v) is 17.6. The lowest BCUT2D eigenvalue weighted by Crippen LogP contribution is -2.38. The molecule has 0 N–H and O–H groups in total. The van der Waals surface area contributed by atoms with Gasteiger partial charge in [0.1, 0.15) is 0 Å². The normalized spacial score (nSPS) is 14.8. The molecule has 3 aromatic carbocycles. The highest BCUT2D eigenvalue weighted by molar-refractivity contribution is 6.30. The zero-order chi connectivity index (χ0) is 22.0. The first-order chi connectivity index (χ1) is 15.0. The Morgan fingerprint density at radius 3 is 2.32 bits per heavy atom. The fraction of sp³-hybridized carbons (Fsp3) is 0.160. The lowest BCUT2D eigenvalue weighted by atomic mass is 9.98. The van der Waals surface area contributed by atoms with Crippen LogP contribution in [0.15, 0.2) is 72.8 Å². The van der Waals surface area contributed by atoms with E-state index in [1.165, 1.54) is 6.07 Å². The van der Waals surface area contributed by atoms with Crippen LogP contribution in [0.3, 0.4) is 0 Å². The van der Waals surface area contributed by atoms with Crippen LogP contribution in [0, 0.1) is 0 Å². The molecule has 0 aromatic heterocycles. The summed E-state index contributed by atoms with van der Waals surface area (Å²) in [6.07, 6.45) is 0.758. The number of ether oxygens (including phenoxy) is 1. The van der Waals surface area contributed by atoms with Gasteiger partial charge in [-0.05, 0) is 55.3 Å². The number of halogens is 1. The molecule has 1 aliphatic rings. The van der Waals surface area contributed by atoms with Crippen molar-refractivity contribution in [2.24, 2.45) is 0 Å². The molecule has 1 aliphatic heterocycles. The van der Waals surface area contributed by atoms with Crippen LogP contribution in [-0.4, -0.2) is 30.3 Å². The topological polar surface area (TPSA) is 63.7 Å². The second-order valence-electron chi connectivity index (χ2n) is 7.40. The van der Waals surface area contributed by atoms with Crippen LogP contribution in [0.4, 0.5) is 5.69 Å². The van der Waals surface area contributed by atoms with E-state index in [9.17, 15) is 14.4 Å². The molecule has 0 fully saturated rings. The number of anilines is 1. The molecule has 0 saturated carbocycles. The number of benzene rings is 3. The quantitative estimate of drug-likeness (QED) is 0.432. The number of esters is 1. The van der Waals surface area contributed by atoms with Gasteiger partial charge in [-0.1, -0.05) is 48.0 Å². The van der Waals surface area contributed by atoms with Gasteiger partial charge in [0.25, 0.3) is 5.91 Å². The van der Waals surface area contributed by atoms with E-state index in [0.29, 0.717) is 10.6 Å². The molecule has 0 radical (unpaired) electrons. The summed E-state index contributed by atoms with van der Waals surface area (Å²) in [6.45, 7) is 1.56. The van der Waals surface area contributed by atoms with Crippen molar-refractivity contribution in [3.63, 3.8) is 0 Å². The molecule has 1 amide bonds. The van der Waals surface area contributed by atoms with Gasteiger partial charge in [0.15, 0.2) is 12.4 Å². The second-order valence-corrected chi connectivity index (χ2v) is 7.84. The van der Waals surface area contributed by atoms with Gasteiger partial charge in [-0.3, -0.25) is 9.59 Å². The molecule has 5 nitrogen and oxygen atoms in total. The summed E-state index contributed by atoms with van der Waals surface area (Å²) in [4.78, 5) is 40.1. The molecule has 1 heterocycles. The van der Waals surface area contributed by atoms with Crippen LogP contribution in [0.5, 0.6) is 0 Å². The number of rotatable bonds is 5. The van der Waals surface area contributed by atoms with Crippen molar-refractivity contribution in [1.29, 1.82) is 0 Å². The summed E-state index contributed by atoms with van der Waals surface area (Å²) >= 11 is 5.89. The first-order valence-corrected chi connectivity index (χ1v) is 10.3. The number of hydrogen-bond acceptors (Lipinski definition) is 4. The molecule has 3 aromatic rings. The number of carbonyl (C=O) groups excluding carboxylic acids is 3. The number of para-hydroxylation sites is 1. The van der Waals surface area contributed by atoms with E-state index in [1.54, 1.807) is 47.4 Å². The molecular weight excluding hydrogens is 414 g/mol. The van der Waals surface area contributed by atoms with Crippen LogP contribution in [0.2, 0.25) is 5.02 Å². The minimum absolute atomic E-state index is 0.0117. The van der Waals surface area contributed by atoms with E-state index in [1.807, 2.05) is 31.2 Å². The SMILES string of the molecule is CC1Cc2ccccc2N1C(=O)COC(=O)c1ccccc1C(=O)c1ccc(Cl)cc1. The molecular formula is C25H20ClNO4. The van der Waals surface area contributed by atoms with E-state index >= 15 is 0 Å². The Labute approximate surface area is 185 Å². The van der Waals surface area contributed by atoms with Crippen LogP contribution < -0.4 is 4.90 Å². The minimum atomic E-state index is -0.716. The molecule has 0 spiro atoms. The number of amides is 1. The van der Waals surface area contributed by atoms with Crippen molar-refractivity contribution in [2.75, 3.05) is 11.5 Å². The van der Waals surface area contributed by atoms with Crippen LogP contribution in [0.1, 0.15) is 38.8 Å². The first-order valence-electron chi connectivity index (χ1n) is 9.92. The number of hydrogen-bond donors (Lipinski definition) is 0. The highest BCUT2D eigenvalue weighted by Gasteiger charge is 2.31. The molecule has 156 valence electrons. The van der Waals surface area contributed by atoms with E-state index in [-0.39, 0.29) is 28.9 Å². The van der Waals surface area contributed by atoms with Crippen molar-refractivity contribution < 1.29 is 19.1 Å². The Kier molecular flexibility index (Phi) is 5.87. The predicted molar refractivity (Wildman–Crippen MR) is 119 cm³/mol. The highest BCUT2D eigenvalue weighted by atomic mass is 35.5. The molecule has 1 atom stereocenters. The lowest BCUT2D eigenvalue weighted by molar-refractivity contribution is -0.122. The summed E-state index contributed by atoms with van der Waals surface area (Å²) in [5, 5.41) is 0.514. The third-order valence-corrected chi connectivity index (χ3v) is 5.55. The lowest BCUT2D eigenvalue weighted by Gasteiger charge is -2.22. The van der Waals surface area contributed by atoms with Gasteiger partial charge >= 0.3 is 5.97 Å². The third-order valence-electron chi connectivity index (χ3n) is 5.30. The predicted octanol–water partition coefficient (Wildman–Crippen LogP) is 4.71. The number of carbonyl (C=O) groups is 3. The minimum Gasteiger partial charge on any atom is -0.452 e. The number of ketones is 1. The van der Waals surface area contributed by atoms with Crippen molar-refractivity contribution in [2.45, 2.75) is 19.4 Å². The first kappa shape index (κ1) is 20.8. The summed E-state index contributed by atoms with van der Waals surface area (Å²) < 4.78 is 5.31. The highest BCUT2D eigenvalue weighted by Crippen LogP contribution is 2.31. The van der Waals surface area contributed by atoms with Gasteiger partial charge in [-0.2, -0.15) is 0 Å². The third kappa shape index (κ3) is 4.23. The standard InChI is InChI=1S/C25H20ClNO4/c1-16-14-18-6-2-5-9-22(18)27(16)23(28)15-31-25(30)21-8-4-3-7-20(21)24(29)17-10-12-19(26)13-11-17/h2-13,16H,14-15H2,1H3. The summed E-state index contributed by atoms with van der Waals surface area (Å²) in [7, 11) is 0. The van der Waals surface area contributed by atoms with E-state index < -0.39 is 12.6 Å². The average molecular weight is 434 g/mol. The van der Waals surface area contributed by atoms with E-state index in [0.717, 1.165) is 17.7 Å². The van der Waals surface area contributed by atoms with E-state index in [4.69, 9.17) is 16.3 Å². The van der Waals surface area contributed by atoms with Gasteiger partial charge in [0, 0.05) is 27.9 Å². The second kappa shape index (κ2) is 8.74. The molecule has 6 heteroatoms. The fourth-order valence-corrected chi connectivity index (χ4v) is 3.96. The zero-order valence-electron chi connectivity index (χ0n) is 16.9. The molecule has 0 saturated heterocycles. The summed E-state index contributed by atoms with van der Waals surface area (Å²) in [6, 6.07) is 20.5.